The predicted molar refractivity (Wildman–Crippen MR) is 53.9 cm³/mol. The lowest BCUT2D eigenvalue weighted by molar-refractivity contribution is 0.292. The number of nitrogens with zero attached hydrogens (tertiary/aromatic N) is 1. The zero-order chi connectivity index (χ0) is 9.68. The molecule has 0 aliphatic rings. The minimum Gasteiger partial charge on any atom is -0.396 e. The summed E-state index contributed by atoms with van der Waals surface area (Å²) in [5.41, 5.74) is 6.84. The zero-order valence-electron chi connectivity index (χ0n) is 7.13. The standard InChI is InChI=1S/C8H12ClN3O/c9-6-4-11-5-7(10)8(6)12-2-1-3-13/h4-5,13H,1-3,10H2,(H,11,12). The molecule has 0 aliphatic heterocycles. The van der Waals surface area contributed by atoms with Gasteiger partial charge in [0.15, 0.2) is 0 Å². The predicted octanol–water partition coefficient (Wildman–Crippen LogP) is 1.11. The number of halogens is 1. The topological polar surface area (TPSA) is 71.2 Å². The number of anilines is 2. The minimum atomic E-state index is 0.148. The number of hydrogen-bond donors (Lipinski definition) is 3. The van der Waals surface area contributed by atoms with Crippen LogP contribution in [0.25, 0.3) is 0 Å². The molecule has 5 heteroatoms. The Morgan fingerprint density at radius 3 is 2.92 bits per heavy atom. The van der Waals surface area contributed by atoms with Crippen molar-refractivity contribution in [1.82, 2.24) is 4.98 Å². The molecule has 4 N–H and O–H groups in total. The van der Waals surface area contributed by atoms with E-state index in [9.17, 15) is 0 Å². The molecule has 0 amide bonds. The van der Waals surface area contributed by atoms with E-state index in [0.717, 1.165) is 0 Å². The number of aliphatic hydroxyl groups is 1. The van der Waals surface area contributed by atoms with Crippen molar-refractivity contribution in [3.8, 4) is 0 Å². The van der Waals surface area contributed by atoms with E-state index in [2.05, 4.69) is 10.3 Å². The van der Waals surface area contributed by atoms with Crippen molar-refractivity contribution in [3.63, 3.8) is 0 Å². The lowest BCUT2D eigenvalue weighted by atomic mass is 10.3. The summed E-state index contributed by atoms with van der Waals surface area (Å²) in [6.07, 6.45) is 3.73. The Labute approximate surface area is 81.7 Å². The summed E-state index contributed by atoms with van der Waals surface area (Å²) >= 11 is 5.84. The molecule has 72 valence electrons. The van der Waals surface area contributed by atoms with Gasteiger partial charge in [0.2, 0.25) is 0 Å². The van der Waals surface area contributed by atoms with Crippen LogP contribution in [0.1, 0.15) is 6.42 Å². The zero-order valence-corrected chi connectivity index (χ0v) is 7.88. The molecule has 0 aliphatic carbocycles. The summed E-state index contributed by atoms with van der Waals surface area (Å²) in [5, 5.41) is 12.1. The van der Waals surface area contributed by atoms with Crippen LogP contribution >= 0.6 is 11.6 Å². The summed E-state index contributed by atoms with van der Waals surface area (Å²) in [6.45, 7) is 0.792. The van der Waals surface area contributed by atoms with E-state index in [4.69, 9.17) is 22.4 Å². The molecule has 4 nitrogen and oxygen atoms in total. The fourth-order valence-electron chi connectivity index (χ4n) is 0.929. The van der Waals surface area contributed by atoms with Crippen molar-refractivity contribution in [3.05, 3.63) is 17.4 Å². The Kier molecular flexibility index (Phi) is 3.79. The minimum absolute atomic E-state index is 0.148. The third-order valence-electron chi connectivity index (χ3n) is 1.57. The van der Waals surface area contributed by atoms with Crippen LogP contribution in [-0.4, -0.2) is 23.2 Å². The molecule has 1 aromatic heterocycles. The number of hydrogen-bond acceptors (Lipinski definition) is 4. The van der Waals surface area contributed by atoms with Gasteiger partial charge < -0.3 is 16.2 Å². The van der Waals surface area contributed by atoms with Crippen molar-refractivity contribution < 1.29 is 5.11 Å². The van der Waals surface area contributed by atoms with Crippen molar-refractivity contribution in [1.29, 1.82) is 0 Å². The highest BCUT2D eigenvalue weighted by molar-refractivity contribution is 6.33. The smallest absolute Gasteiger partial charge is 0.0841 e. The SMILES string of the molecule is Nc1cncc(Cl)c1NCCCO. The number of pyridine rings is 1. The third-order valence-corrected chi connectivity index (χ3v) is 1.85. The van der Waals surface area contributed by atoms with Gasteiger partial charge in [0.05, 0.1) is 22.6 Å². The van der Waals surface area contributed by atoms with E-state index < -0.39 is 0 Å². The summed E-state index contributed by atoms with van der Waals surface area (Å²) in [5.74, 6) is 0. The molecule has 0 saturated heterocycles. The number of nitrogens with one attached hydrogen (secondary N) is 1. The maximum Gasteiger partial charge on any atom is 0.0841 e. The van der Waals surface area contributed by atoms with Gasteiger partial charge in [0.25, 0.3) is 0 Å². The molecule has 1 rings (SSSR count). The van der Waals surface area contributed by atoms with Gasteiger partial charge >= 0.3 is 0 Å². The monoisotopic (exact) mass is 201 g/mol. The summed E-state index contributed by atoms with van der Waals surface area (Å²) < 4.78 is 0. The Bertz CT molecular complexity index is 260. The molecule has 0 aromatic carbocycles. The van der Waals surface area contributed by atoms with E-state index in [0.29, 0.717) is 29.4 Å². The Hall–Kier alpha value is -1.00. The normalized spacial score (nSPS) is 10.0. The first kappa shape index (κ1) is 10.1. The van der Waals surface area contributed by atoms with E-state index in [-0.39, 0.29) is 6.61 Å². The molecular formula is C8H12ClN3O. The van der Waals surface area contributed by atoms with Crippen LogP contribution in [0.4, 0.5) is 11.4 Å². The highest BCUT2D eigenvalue weighted by Crippen LogP contribution is 2.26. The lowest BCUT2D eigenvalue weighted by Gasteiger charge is -2.09. The van der Waals surface area contributed by atoms with Crippen LogP contribution < -0.4 is 11.1 Å². The summed E-state index contributed by atoms with van der Waals surface area (Å²) in [6, 6.07) is 0. The molecule has 1 heterocycles. The molecule has 0 saturated carbocycles. The molecule has 1 aromatic rings. The average Bonchev–Trinajstić information content (AvgIpc) is 2.10. The number of aliphatic hydroxyl groups excluding tert-OH is 1. The Morgan fingerprint density at radius 2 is 2.31 bits per heavy atom. The van der Waals surface area contributed by atoms with Crippen LogP contribution in [-0.2, 0) is 0 Å². The van der Waals surface area contributed by atoms with Gasteiger partial charge in [-0.1, -0.05) is 11.6 Å². The van der Waals surface area contributed by atoms with Crippen molar-refractivity contribution >= 4 is 23.0 Å². The van der Waals surface area contributed by atoms with E-state index in [1.165, 1.54) is 12.4 Å². The molecule has 0 fully saturated rings. The van der Waals surface area contributed by atoms with Crippen LogP contribution in [0, 0.1) is 0 Å². The van der Waals surface area contributed by atoms with Crippen molar-refractivity contribution in [2.45, 2.75) is 6.42 Å². The van der Waals surface area contributed by atoms with Crippen LogP contribution in [0.3, 0.4) is 0 Å². The van der Waals surface area contributed by atoms with E-state index in [1.54, 1.807) is 0 Å². The fraction of sp³-hybridized carbons (Fsp3) is 0.375. The highest BCUT2D eigenvalue weighted by Gasteiger charge is 2.02. The number of aromatic nitrogens is 1. The quantitative estimate of drug-likeness (QED) is 0.639. The third kappa shape index (κ3) is 2.75. The average molecular weight is 202 g/mol. The van der Waals surface area contributed by atoms with Crippen LogP contribution in [0.15, 0.2) is 12.4 Å². The second-order valence-corrected chi connectivity index (χ2v) is 3.00. The van der Waals surface area contributed by atoms with Crippen molar-refractivity contribution in [2.75, 3.05) is 24.2 Å². The van der Waals surface area contributed by atoms with Gasteiger partial charge in [-0.25, -0.2) is 0 Å². The van der Waals surface area contributed by atoms with E-state index >= 15 is 0 Å². The first-order valence-corrected chi connectivity index (χ1v) is 4.37. The van der Waals surface area contributed by atoms with Gasteiger partial charge in [-0.2, -0.15) is 0 Å². The Morgan fingerprint density at radius 1 is 1.54 bits per heavy atom. The maximum atomic E-state index is 8.57. The molecule has 0 atom stereocenters. The molecule has 13 heavy (non-hydrogen) atoms. The molecule has 0 unspecified atom stereocenters. The van der Waals surface area contributed by atoms with Gasteiger partial charge in [-0.3, -0.25) is 4.98 Å². The van der Waals surface area contributed by atoms with E-state index in [1.807, 2.05) is 0 Å². The first-order valence-electron chi connectivity index (χ1n) is 3.99. The van der Waals surface area contributed by atoms with Gasteiger partial charge in [-0.05, 0) is 6.42 Å². The Balaban J connectivity index is 2.64. The first-order chi connectivity index (χ1) is 6.25. The molecule has 0 radical (unpaired) electrons. The largest absolute Gasteiger partial charge is 0.396 e. The molecule has 0 spiro atoms. The fourth-order valence-corrected chi connectivity index (χ4v) is 1.16. The lowest BCUT2D eigenvalue weighted by Crippen LogP contribution is -2.06. The number of rotatable bonds is 4. The van der Waals surface area contributed by atoms with Gasteiger partial charge in [0.1, 0.15) is 0 Å². The summed E-state index contributed by atoms with van der Waals surface area (Å²) in [4.78, 5) is 3.83. The van der Waals surface area contributed by atoms with Crippen LogP contribution in [0.5, 0.6) is 0 Å². The van der Waals surface area contributed by atoms with Crippen LogP contribution in [0.2, 0.25) is 5.02 Å². The van der Waals surface area contributed by atoms with Gasteiger partial charge in [-0.15, -0.1) is 0 Å². The second kappa shape index (κ2) is 4.89. The maximum absolute atomic E-state index is 8.57. The van der Waals surface area contributed by atoms with Gasteiger partial charge in [0, 0.05) is 19.3 Å². The number of nitrogens with two attached hydrogens (primary N) is 1. The second-order valence-electron chi connectivity index (χ2n) is 2.59. The molecule has 0 bridgehead atoms. The summed E-state index contributed by atoms with van der Waals surface area (Å²) in [7, 11) is 0. The highest BCUT2D eigenvalue weighted by atomic mass is 35.5. The number of nitrogen functional groups attached to an aromatic ring is 1. The molecular weight excluding hydrogens is 190 g/mol. The van der Waals surface area contributed by atoms with Crippen molar-refractivity contribution in [2.24, 2.45) is 0 Å².